The second-order valence-corrected chi connectivity index (χ2v) is 8.29. The minimum absolute atomic E-state index is 0.0805. The summed E-state index contributed by atoms with van der Waals surface area (Å²) < 4.78 is 5.31. The van der Waals surface area contributed by atoms with E-state index >= 15 is 0 Å². The second kappa shape index (κ2) is 8.50. The van der Waals surface area contributed by atoms with E-state index in [1.165, 1.54) is 0 Å². The van der Waals surface area contributed by atoms with Crippen molar-refractivity contribution in [2.45, 2.75) is 20.3 Å². The molecule has 2 saturated heterocycles. The highest BCUT2D eigenvalue weighted by atomic mass is 16.5. The molecule has 7 heteroatoms. The lowest BCUT2D eigenvalue weighted by Gasteiger charge is -2.34. The molecule has 0 aliphatic carbocycles. The minimum Gasteiger partial charge on any atom is -0.396 e. The lowest BCUT2D eigenvalue weighted by atomic mass is 9.96. The molecule has 0 saturated carbocycles. The molecule has 0 bridgehead atoms. The number of carbonyl (C=O) groups is 1. The van der Waals surface area contributed by atoms with Gasteiger partial charge in [0.15, 0.2) is 5.69 Å². The van der Waals surface area contributed by atoms with Gasteiger partial charge in [0.25, 0.3) is 5.91 Å². The Kier molecular flexibility index (Phi) is 6.32. The lowest BCUT2D eigenvalue weighted by molar-refractivity contribution is 0.0766. The first-order chi connectivity index (χ1) is 12.5. The van der Waals surface area contributed by atoms with E-state index in [1.807, 2.05) is 4.90 Å². The van der Waals surface area contributed by atoms with E-state index in [1.54, 1.807) is 6.07 Å². The largest absolute Gasteiger partial charge is 0.396 e. The van der Waals surface area contributed by atoms with Crippen molar-refractivity contribution in [3.8, 4) is 0 Å². The molecule has 1 N–H and O–H groups in total. The van der Waals surface area contributed by atoms with Crippen molar-refractivity contribution >= 4 is 5.91 Å². The molecule has 3 rings (SSSR count). The van der Waals surface area contributed by atoms with Gasteiger partial charge in [-0.25, -0.2) is 0 Å². The van der Waals surface area contributed by atoms with Crippen molar-refractivity contribution in [3.63, 3.8) is 0 Å². The van der Waals surface area contributed by atoms with E-state index in [2.05, 4.69) is 35.9 Å². The zero-order chi connectivity index (χ0) is 18.7. The summed E-state index contributed by atoms with van der Waals surface area (Å²) >= 11 is 0. The average Bonchev–Trinajstić information content (AvgIpc) is 3.22. The molecule has 2 fully saturated rings. The molecule has 1 amide bonds. The quantitative estimate of drug-likeness (QED) is 0.805. The van der Waals surface area contributed by atoms with Crippen LogP contribution in [0.15, 0.2) is 10.6 Å². The smallest absolute Gasteiger partial charge is 0.276 e. The Morgan fingerprint density at radius 2 is 1.96 bits per heavy atom. The molecule has 7 nitrogen and oxygen atoms in total. The van der Waals surface area contributed by atoms with Crippen LogP contribution in [0.25, 0.3) is 0 Å². The van der Waals surface area contributed by atoms with Crippen LogP contribution in [0.5, 0.6) is 0 Å². The third-order valence-corrected chi connectivity index (χ3v) is 5.57. The number of likely N-dealkylation sites (N-methyl/N-ethyl adjacent to an activating group) is 1. The third-order valence-electron chi connectivity index (χ3n) is 5.57. The number of hydrogen-bond acceptors (Lipinski definition) is 6. The molecule has 2 aliphatic rings. The van der Waals surface area contributed by atoms with Gasteiger partial charge in [-0.3, -0.25) is 4.79 Å². The maximum Gasteiger partial charge on any atom is 0.276 e. The van der Waals surface area contributed by atoms with Crippen molar-refractivity contribution in [1.82, 2.24) is 19.9 Å². The van der Waals surface area contributed by atoms with Gasteiger partial charge in [-0.2, -0.15) is 0 Å². The fourth-order valence-electron chi connectivity index (χ4n) is 3.95. The van der Waals surface area contributed by atoms with Crippen LogP contribution in [0.1, 0.15) is 30.1 Å². The topological polar surface area (TPSA) is 73.1 Å². The van der Waals surface area contributed by atoms with Gasteiger partial charge >= 0.3 is 0 Å². The summed E-state index contributed by atoms with van der Waals surface area (Å²) in [5.41, 5.74) is 0.387. The van der Waals surface area contributed by atoms with E-state index in [0.717, 1.165) is 44.9 Å². The maximum absolute atomic E-state index is 12.8. The van der Waals surface area contributed by atoms with Crippen LogP contribution in [0, 0.1) is 17.8 Å². The van der Waals surface area contributed by atoms with Crippen molar-refractivity contribution in [1.29, 1.82) is 0 Å². The van der Waals surface area contributed by atoms with E-state index in [-0.39, 0.29) is 18.4 Å². The number of aliphatic hydroxyl groups is 1. The van der Waals surface area contributed by atoms with Crippen LogP contribution in [-0.4, -0.2) is 90.3 Å². The Labute approximate surface area is 155 Å². The van der Waals surface area contributed by atoms with Gasteiger partial charge in [0.1, 0.15) is 5.76 Å². The Morgan fingerprint density at radius 3 is 2.62 bits per heavy atom. The lowest BCUT2D eigenvalue weighted by Crippen LogP contribution is -2.47. The predicted molar refractivity (Wildman–Crippen MR) is 99.0 cm³/mol. The van der Waals surface area contributed by atoms with Gasteiger partial charge in [0.2, 0.25) is 0 Å². The highest BCUT2D eigenvalue weighted by Crippen LogP contribution is 2.26. The summed E-state index contributed by atoms with van der Waals surface area (Å²) in [5.74, 6) is 1.60. The zero-order valence-electron chi connectivity index (χ0n) is 16.2. The number of piperazine rings is 1. The SMILES string of the molecule is CC(C)Cc1cc(C(=O)N2CC(CO)C(CN3CCN(C)CC3)C2)no1. The summed E-state index contributed by atoms with van der Waals surface area (Å²) in [6.45, 7) is 10.8. The molecule has 0 spiro atoms. The second-order valence-electron chi connectivity index (χ2n) is 8.29. The Bertz CT molecular complexity index is 595. The first kappa shape index (κ1) is 19.3. The highest BCUT2D eigenvalue weighted by molar-refractivity contribution is 5.92. The molecule has 26 heavy (non-hydrogen) atoms. The molecule has 146 valence electrons. The maximum atomic E-state index is 12.8. The number of carbonyl (C=O) groups excluding carboxylic acids is 1. The van der Waals surface area contributed by atoms with Crippen molar-refractivity contribution < 1.29 is 14.4 Å². The van der Waals surface area contributed by atoms with Gasteiger partial charge in [-0.05, 0) is 18.9 Å². The van der Waals surface area contributed by atoms with Crippen LogP contribution in [-0.2, 0) is 6.42 Å². The molecule has 1 aromatic rings. The Hall–Kier alpha value is -1.44. The fourth-order valence-corrected chi connectivity index (χ4v) is 3.95. The number of aromatic nitrogens is 1. The minimum atomic E-state index is -0.0805. The number of hydrogen-bond donors (Lipinski definition) is 1. The summed E-state index contributed by atoms with van der Waals surface area (Å²) in [4.78, 5) is 19.4. The number of nitrogens with zero attached hydrogens (tertiary/aromatic N) is 4. The van der Waals surface area contributed by atoms with Crippen molar-refractivity contribution in [2.75, 3.05) is 59.5 Å². The van der Waals surface area contributed by atoms with Crippen LogP contribution in [0.2, 0.25) is 0 Å². The molecule has 2 atom stereocenters. The molecule has 2 aliphatic heterocycles. The Balaban J connectivity index is 1.59. The van der Waals surface area contributed by atoms with Crippen molar-refractivity contribution in [3.05, 3.63) is 17.5 Å². The zero-order valence-corrected chi connectivity index (χ0v) is 16.2. The molecule has 0 radical (unpaired) electrons. The molecule has 3 heterocycles. The average molecular weight is 364 g/mol. The number of aliphatic hydroxyl groups excluding tert-OH is 1. The molecular weight excluding hydrogens is 332 g/mol. The van der Waals surface area contributed by atoms with Gasteiger partial charge in [0.05, 0.1) is 0 Å². The van der Waals surface area contributed by atoms with Gasteiger partial charge in [0, 0.05) is 70.8 Å². The van der Waals surface area contributed by atoms with Crippen LogP contribution < -0.4 is 0 Å². The van der Waals surface area contributed by atoms with E-state index < -0.39 is 0 Å². The van der Waals surface area contributed by atoms with E-state index in [0.29, 0.717) is 30.6 Å². The van der Waals surface area contributed by atoms with Crippen molar-refractivity contribution in [2.24, 2.45) is 17.8 Å². The molecular formula is C19H32N4O3. The first-order valence-electron chi connectivity index (χ1n) is 9.73. The highest BCUT2D eigenvalue weighted by Gasteiger charge is 2.37. The number of amides is 1. The summed E-state index contributed by atoms with van der Waals surface area (Å²) in [5, 5.41) is 13.8. The standard InChI is InChI=1S/C19H32N4O3/c1-14(2)8-17-9-18(20-26-17)19(25)23-11-15(16(12-23)13-24)10-22-6-4-21(3)5-7-22/h9,14-16,24H,4-8,10-13H2,1-3H3. The van der Waals surface area contributed by atoms with E-state index in [9.17, 15) is 9.90 Å². The molecule has 0 aromatic carbocycles. The van der Waals surface area contributed by atoms with Gasteiger partial charge < -0.3 is 24.3 Å². The normalized spacial score (nSPS) is 25.3. The first-order valence-corrected chi connectivity index (χ1v) is 9.73. The predicted octanol–water partition coefficient (Wildman–Crippen LogP) is 0.801. The molecule has 2 unspecified atom stereocenters. The van der Waals surface area contributed by atoms with Crippen LogP contribution >= 0.6 is 0 Å². The number of likely N-dealkylation sites (tertiary alicyclic amines) is 1. The Morgan fingerprint density at radius 1 is 1.27 bits per heavy atom. The van der Waals surface area contributed by atoms with E-state index in [4.69, 9.17) is 4.52 Å². The monoisotopic (exact) mass is 364 g/mol. The fraction of sp³-hybridized carbons (Fsp3) is 0.789. The summed E-state index contributed by atoms with van der Waals surface area (Å²) in [6, 6.07) is 1.77. The summed E-state index contributed by atoms with van der Waals surface area (Å²) in [6.07, 6.45) is 0.783. The number of rotatable bonds is 6. The summed E-state index contributed by atoms with van der Waals surface area (Å²) in [7, 11) is 2.15. The third kappa shape index (κ3) is 4.64. The van der Waals surface area contributed by atoms with Crippen LogP contribution in [0.4, 0.5) is 0 Å². The van der Waals surface area contributed by atoms with Crippen LogP contribution in [0.3, 0.4) is 0 Å². The van der Waals surface area contributed by atoms with Gasteiger partial charge in [-0.1, -0.05) is 19.0 Å². The molecule has 1 aromatic heterocycles. The van der Waals surface area contributed by atoms with Gasteiger partial charge in [-0.15, -0.1) is 0 Å².